The Morgan fingerprint density at radius 1 is 1.31 bits per heavy atom. The molecule has 2 aromatic carbocycles. The minimum Gasteiger partial charge on any atom is -0.497 e. The summed E-state index contributed by atoms with van der Waals surface area (Å²) in [7, 11) is 1.66. The Morgan fingerprint density at radius 3 is 2.72 bits per heavy atom. The van der Waals surface area contributed by atoms with Crippen molar-refractivity contribution < 1.29 is 14.6 Å². The lowest BCUT2D eigenvalue weighted by Crippen LogP contribution is -2.54. The third-order valence-corrected chi connectivity index (χ3v) is 7.19. The highest BCUT2D eigenvalue weighted by Crippen LogP contribution is 2.42. The molecule has 5 atom stereocenters. The first-order valence-corrected chi connectivity index (χ1v) is 12.4. The summed E-state index contributed by atoms with van der Waals surface area (Å²) in [6.45, 7) is 6.07. The van der Waals surface area contributed by atoms with E-state index in [0.717, 1.165) is 41.7 Å². The third kappa shape index (κ3) is 5.73. The molecule has 3 saturated heterocycles. The maximum absolute atomic E-state index is 11.2. The predicted octanol–water partition coefficient (Wildman–Crippen LogP) is 3.83. The molecule has 3 aliphatic rings. The standard InChI is InChI=1S/C20H24N2O2.C8H8N2OS/c1-3-13-12-22-9-7-14(13)10-19(22)20(23)16-6-8-21-18-5-4-15(24-2)11-17(16)18;9-8(12)10-7(11)6-4-2-1-3-5-6/h3-6,8,11,13-14,19-20,23H,1,7,9-10,12H2,2H3;1-5H,(H3,9,10,11,12)/t13-,14?,19-,20?;/m1./s1. The molecule has 2 bridgehead atoms. The summed E-state index contributed by atoms with van der Waals surface area (Å²) in [6, 6.07) is 16.7. The second kappa shape index (κ2) is 11.6. The molecule has 3 fully saturated rings. The van der Waals surface area contributed by atoms with E-state index in [0.29, 0.717) is 17.4 Å². The lowest BCUT2D eigenvalue weighted by Gasteiger charge is -2.50. The maximum Gasteiger partial charge on any atom is 0.257 e. The van der Waals surface area contributed by atoms with Crippen LogP contribution in [0.5, 0.6) is 5.75 Å². The van der Waals surface area contributed by atoms with E-state index >= 15 is 0 Å². The summed E-state index contributed by atoms with van der Waals surface area (Å²) in [5.41, 5.74) is 7.52. The van der Waals surface area contributed by atoms with Gasteiger partial charge in [-0.2, -0.15) is 0 Å². The number of benzene rings is 2. The van der Waals surface area contributed by atoms with E-state index in [9.17, 15) is 9.90 Å². The highest BCUT2D eigenvalue weighted by atomic mass is 32.1. The number of aliphatic hydroxyl groups excluding tert-OH is 1. The second-order valence-corrected chi connectivity index (χ2v) is 9.60. The van der Waals surface area contributed by atoms with Gasteiger partial charge >= 0.3 is 0 Å². The summed E-state index contributed by atoms with van der Waals surface area (Å²) >= 11 is 4.52. The van der Waals surface area contributed by atoms with Crippen LogP contribution in [0.1, 0.15) is 34.9 Å². The number of amides is 1. The first-order valence-electron chi connectivity index (χ1n) is 12.0. The van der Waals surface area contributed by atoms with Crippen LogP contribution in [-0.2, 0) is 0 Å². The van der Waals surface area contributed by atoms with Crippen LogP contribution < -0.4 is 15.8 Å². The van der Waals surface area contributed by atoms with Crippen molar-refractivity contribution in [1.29, 1.82) is 0 Å². The van der Waals surface area contributed by atoms with Crippen molar-refractivity contribution in [3.63, 3.8) is 0 Å². The van der Waals surface area contributed by atoms with Gasteiger partial charge in [0, 0.05) is 29.7 Å². The number of thiocarbonyl (C=S) groups is 1. The number of piperidine rings is 3. The Balaban J connectivity index is 0.000000214. The number of aromatic nitrogens is 1. The number of pyridine rings is 1. The van der Waals surface area contributed by atoms with Crippen molar-refractivity contribution in [3.05, 3.63) is 84.6 Å². The minimum atomic E-state index is -0.504. The summed E-state index contributed by atoms with van der Waals surface area (Å²) in [6.07, 6.45) is 5.62. The van der Waals surface area contributed by atoms with Crippen LogP contribution in [0.4, 0.5) is 0 Å². The molecular weight excluding hydrogens is 472 g/mol. The molecule has 36 heavy (non-hydrogen) atoms. The average Bonchev–Trinajstić information content (AvgIpc) is 2.92. The number of rotatable bonds is 5. The Hall–Kier alpha value is -3.33. The van der Waals surface area contributed by atoms with E-state index in [1.165, 1.54) is 6.42 Å². The number of fused-ring (bicyclic) bond motifs is 4. The van der Waals surface area contributed by atoms with Crippen molar-refractivity contribution in [1.82, 2.24) is 15.2 Å². The molecule has 3 aliphatic heterocycles. The Labute approximate surface area is 217 Å². The van der Waals surface area contributed by atoms with Crippen LogP contribution in [0, 0.1) is 11.8 Å². The number of nitrogens with one attached hydrogen (secondary N) is 1. The van der Waals surface area contributed by atoms with Gasteiger partial charge in [-0.15, -0.1) is 6.58 Å². The van der Waals surface area contributed by atoms with Crippen LogP contribution >= 0.6 is 12.2 Å². The van der Waals surface area contributed by atoms with Gasteiger partial charge in [0.2, 0.25) is 0 Å². The molecule has 7 nitrogen and oxygen atoms in total. The molecule has 1 aromatic heterocycles. The molecule has 6 rings (SSSR count). The summed E-state index contributed by atoms with van der Waals surface area (Å²) in [4.78, 5) is 18.0. The number of carbonyl (C=O) groups is 1. The molecule has 0 spiro atoms. The van der Waals surface area contributed by atoms with E-state index in [-0.39, 0.29) is 17.1 Å². The molecule has 3 aromatic rings. The van der Waals surface area contributed by atoms with Gasteiger partial charge in [0.25, 0.3) is 5.91 Å². The minimum absolute atomic E-state index is 0.0103. The fraction of sp³-hybridized carbons (Fsp3) is 0.321. The van der Waals surface area contributed by atoms with Crippen molar-refractivity contribution in [3.8, 4) is 5.75 Å². The first-order chi connectivity index (χ1) is 17.4. The van der Waals surface area contributed by atoms with E-state index in [2.05, 4.69) is 40.1 Å². The van der Waals surface area contributed by atoms with Gasteiger partial charge in [-0.3, -0.25) is 20.0 Å². The fourth-order valence-electron chi connectivity index (χ4n) is 5.22. The zero-order valence-corrected chi connectivity index (χ0v) is 21.2. The second-order valence-electron chi connectivity index (χ2n) is 9.16. The van der Waals surface area contributed by atoms with Crippen LogP contribution in [-0.4, -0.2) is 52.3 Å². The molecule has 0 aliphatic carbocycles. The van der Waals surface area contributed by atoms with Crippen LogP contribution in [0.15, 0.2) is 73.4 Å². The van der Waals surface area contributed by atoms with Gasteiger partial charge in [-0.05, 0) is 85.4 Å². The monoisotopic (exact) mass is 504 g/mol. The van der Waals surface area contributed by atoms with Gasteiger partial charge in [0.1, 0.15) is 5.75 Å². The lowest BCUT2D eigenvalue weighted by molar-refractivity contribution is -0.0444. The number of nitrogens with zero attached hydrogens (tertiary/aromatic N) is 2. The number of methoxy groups -OCH3 is 1. The summed E-state index contributed by atoms with van der Waals surface area (Å²) in [5, 5.41) is 14.4. The Morgan fingerprint density at radius 2 is 2.08 bits per heavy atom. The van der Waals surface area contributed by atoms with Crippen molar-refractivity contribution in [2.45, 2.75) is 25.0 Å². The quantitative estimate of drug-likeness (QED) is 0.359. The van der Waals surface area contributed by atoms with Crippen LogP contribution in [0.2, 0.25) is 0 Å². The normalized spacial score (nSPS) is 23.2. The molecule has 0 radical (unpaired) electrons. The van der Waals surface area contributed by atoms with Gasteiger partial charge in [0.05, 0.1) is 18.7 Å². The van der Waals surface area contributed by atoms with Gasteiger partial charge in [-0.25, -0.2) is 0 Å². The summed E-state index contributed by atoms with van der Waals surface area (Å²) < 4.78 is 5.35. The van der Waals surface area contributed by atoms with E-state index in [1.54, 1.807) is 37.6 Å². The Kier molecular flexibility index (Phi) is 8.30. The molecule has 4 N–H and O–H groups in total. The largest absolute Gasteiger partial charge is 0.497 e. The smallest absolute Gasteiger partial charge is 0.257 e. The van der Waals surface area contributed by atoms with Gasteiger partial charge in [0.15, 0.2) is 5.11 Å². The van der Waals surface area contributed by atoms with E-state index < -0.39 is 6.10 Å². The number of aliphatic hydroxyl groups is 1. The van der Waals surface area contributed by atoms with Crippen molar-refractivity contribution in [2.75, 3.05) is 20.2 Å². The third-order valence-electron chi connectivity index (χ3n) is 7.09. The Bertz CT molecular complexity index is 1240. The number of carbonyl (C=O) groups excluding carboxylic acids is 1. The lowest BCUT2D eigenvalue weighted by atomic mass is 9.73. The number of hydrogen-bond acceptors (Lipinski definition) is 6. The zero-order valence-electron chi connectivity index (χ0n) is 20.3. The highest BCUT2D eigenvalue weighted by Gasteiger charge is 2.42. The molecule has 3 unspecified atom stereocenters. The number of ether oxygens (including phenoxy) is 1. The highest BCUT2D eigenvalue weighted by molar-refractivity contribution is 7.80. The average molecular weight is 505 g/mol. The predicted molar refractivity (Wildman–Crippen MR) is 146 cm³/mol. The van der Waals surface area contributed by atoms with E-state index in [1.807, 2.05) is 30.3 Å². The molecule has 4 heterocycles. The van der Waals surface area contributed by atoms with Crippen LogP contribution in [0.25, 0.3) is 10.9 Å². The first kappa shape index (κ1) is 25.8. The molecule has 1 amide bonds. The van der Waals surface area contributed by atoms with Crippen molar-refractivity contribution >= 4 is 34.1 Å². The fourth-order valence-corrected chi connectivity index (χ4v) is 5.31. The molecule has 188 valence electrons. The SMILES string of the molecule is C=C[C@@H]1CN2CCC1C[C@@H]2C(O)c1ccnc2ccc(OC)cc12.NC(=S)NC(=O)c1ccccc1. The molecule has 0 saturated carbocycles. The van der Waals surface area contributed by atoms with Gasteiger partial charge in [-0.1, -0.05) is 24.3 Å². The van der Waals surface area contributed by atoms with Crippen LogP contribution in [0.3, 0.4) is 0 Å². The van der Waals surface area contributed by atoms with Crippen molar-refractivity contribution in [2.24, 2.45) is 17.6 Å². The number of nitrogens with two attached hydrogens (primary N) is 1. The molecule has 8 heteroatoms. The topological polar surface area (TPSA) is 101 Å². The molecular formula is C28H32N4O3S. The number of hydrogen-bond donors (Lipinski definition) is 3. The van der Waals surface area contributed by atoms with Gasteiger partial charge < -0.3 is 15.6 Å². The maximum atomic E-state index is 11.2. The van der Waals surface area contributed by atoms with E-state index in [4.69, 9.17) is 10.5 Å². The summed E-state index contributed by atoms with van der Waals surface area (Å²) in [5.74, 6) is 1.73. The zero-order chi connectivity index (χ0) is 25.7.